The third-order valence-electron chi connectivity index (χ3n) is 3.58. The largest absolute Gasteiger partial charge is 0.378 e. The highest BCUT2D eigenvalue weighted by Gasteiger charge is 2.39. The van der Waals surface area contributed by atoms with E-state index in [0.717, 1.165) is 11.4 Å². The van der Waals surface area contributed by atoms with E-state index in [1.807, 2.05) is 25.6 Å². The minimum atomic E-state index is 0.0843. The molecule has 0 aromatic carbocycles. The van der Waals surface area contributed by atoms with Crippen molar-refractivity contribution < 1.29 is 4.74 Å². The maximum Gasteiger partial charge on any atom is 0.0697 e. The average Bonchev–Trinajstić information content (AvgIpc) is 2.65. The fourth-order valence-electron chi connectivity index (χ4n) is 2.31. The molecule has 16 heavy (non-hydrogen) atoms. The van der Waals surface area contributed by atoms with Gasteiger partial charge in [-0.1, -0.05) is 11.6 Å². The molecule has 0 bridgehead atoms. The molecule has 2 nitrogen and oxygen atoms in total. The van der Waals surface area contributed by atoms with Crippen LogP contribution in [0.2, 0.25) is 5.02 Å². The first kappa shape index (κ1) is 12.4. The molecule has 1 aromatic rings. The Bertz CT molecular complexity index is 343. The molecule has 1 aliphatic rings. The number of halogens is 1. The standard InChI is InChI=1S/C12H18ClNOS/c1-14-10(11-9(13)4-7-16-11)8-12(15-2)5-3-6-12/h4,7,10,14H,3,5-6,8H2,1-2H3. The second-order valence-corrected chi connectivity index (χ2v) is 5.77. The monoisotopic (exact) mass is 259 g/mol. The summed E-state index contributed by atoms with van der Waals surface area (Å²) in [5.74, 6) is 0. The van der Waals surface area contributed by atoms with Gasteiger partial charge in [-0.25, -0.2) is 0 Å². The zero-order valence-electron chi connectivity index (χ0n) is 9.75. The predicted octanol–water partition coefficient (Wildman–Crippen LogP) is 3.62. The zero-order chi connectivity index (χ0) is 11.6. The van der Waals surface area contributed by atoms with Gasteiger partial charge < -0.3 is 10.1 Å². The Labute approximate surface area is 106 Å². The van der Waals surface area contributed by atoms with Gasteiger partial charge in [-0.3, -0.25) is 0 Å². The van der Waals surface area contributed by atoms with Crippen LogP contribution < -0.4 is 5.32 Å². The SMILES string of the molecule is CNC(CC1(OC)CCC1)c1sccc1Cl. The highest BCUT2D eigenvalue weighted by molar-refractivity contribution is 7.10. The lowest BCUT2D eigenvalue weighted by molar-refractivity contribution is -0.0832. The molecule has 1 N–H and O–H groups in total. The summed E-state index contributed by atoms with van der Waals surface area (Å²) in [7, 11) is 3.81. The molecule has 1 unspecified atom stereocenters. The van der Waals surface area contributed by atoms with Crippen molar-refractivity contribution >= 4 is 22.9 Å². The average molecular weight is 260 g/mol. The van der Waals surface area contributed by atoms with Crippen LogP contribution in [0.25, 0.3) is 0 Å². The van der Waals surface area contributed by atoms with E-state index in [2.05, 4.69) is 5.32 Å². The van der Waals surface area contributed by atoms with Crippen LogP contribution in [0.3, 0.4) is 0 Å². The summed E-state index contributed by atoms with van der Waals surface area (Å²) in [4.78, 5) is 1.23. The van der Waals surface area contributed by atoms with E-state index in [0.29, 0.717) is 6.04 Å². The van der Waals surface area contributed by atoms with Crippen molar-refractivity contribution in [3.8, 4) is 0 Å². The van der Waals surface area contributed by atoms with Gasteiger partial charge in [-0.05, 0) is 44.2 Å². The Kier molecular flexibility index (Phi) is 3.90. The lowest BCUT2D eigenvalue weighted by Crippen LogP contribution is -2.42. The van der Waals surface area contributed by atoms with E-state index in [9.17, 15) is 0 Å². The number of ether oxygens (including phenoxy) is 1. The predicted molar refractivity (Wildman–Crippen MR) is 69.3 cm³/mol. The molecule has 1 fully saturated rings. The summed E-state index contributed by atoms with van der Waals surface area (Å²) < 4.78 is 5.67. The summed E-state index contributed by atoms with van der Waals surface area (Å²) in [5, 5.41) is 6.26. The maximum atomic E-state index is 6.18. The Morgan fingerprint density at radius 1 is 1.62 bits per heavy atom. The Hall–Kier alpha value is -0.0900. The van der Waals surface area contributed by atoms with Crippen molar-refractivity contribution in [2.24, 2.45) is 0 Å². The lowest BCUT2D eigenvalue weighted by atomic mass is 9.75. The van der Waals surface area contributed by atoms with Gasteiger partial charge in [0.05, 0.1) is 10.6 Å². The van der Waals surface area contributed by atoms with Gasteiger partial charge in [-0.15, -0.1) is 11.3 Å². The van der Waals surface area contributed by atoms with E-state index in [4.69, 9.17) is 16.3 Å². The smallest absolute Gasteiger partial charge is 0.0697 e. The van der Waals surface area contributed by atoms with Crippen molar-refractivity contribution in [3.63, 3.8) is 0 Å². The van der Waals surface area contributed by atoms with Crippen LogP contribution >= 0.6 is 22.9 Å². The number of hydrogen-bond acceptors (Lipinski definition) is 3. The first-order chi connectivity index (χ1) is 7.71. The first-order valence-corrected chi connectivity index (χ1v) is 6.92. The molecule has 2 rings (SSSR count). The van der Waals surface area contributed by atoms with Crippen molar-refractivity contribution in [1.29, 1.82) is 0 Å². The van der Waals surface area contributed by atoms with Gasteiger partial charge in [-0.2, -0.15) is 0 Å². The summed E-state index contributed by atoms with van der Waals surface area (Å²) in [5.41, 5.74) is 0.0843. The third-order valence-corrected chi connectivity index (χ3v) is 5.06. The summed E-state index contributed by atoms with van der Waals surface area (Å²) in [6, 6.07) is 2.28. The second kappa shape index (κ2) is 5.05. The molecular formula is C12H18ClNOS. The molecule has 0 saturated heterocycles. The van der Waals surface area contributed by atoms with Crippen molar-refractivity contribution in [2.45, 2.75) is 37.3 Å². The maximum absolute atomic E-state index is 6.18. The van der Waals surface area contributed by atoms with E-state index in [1.54, 1.807) is 11.3 Å². The topological polar surface area (TPSA) is 21.3 Å². The summed E-state index contributed by atoms with van der Waals surface area (Å²) in [6.45, 7) is 0. The van der Waals surface area contributed by atoms with Gasteiger partial charge in [0.15, 0.2) is 0 Å². The van der Waals surface area contributed by atoms with E-state index in [-0.39, 0.29) is 5.60 Å². The number of hydrogen-bond donors (Lipinski definition) is 1. The highest BCUT2D eigenvalue weighted by atomic mass is 35.5. The van der Waals surface area contributed by atoms with Gasteiger partial charge in [0.1, 0.15) is 0 Å². The number of methoxy groups -OCH3 is 1. The Balaban J connectivity index is 2.09. The molecule has 1 heterocycles. The molecule has 1 saturated carbocycles. The van der Waals surface area contributed by atoms with Crippen LogP contribution in [0.4, 0.5) is 0 Å². The number of nitrogens with one attached hydrogen (secondary N) is 1. The van der Waals surface area contributed by atoms with Gasteiger partial charge in [0.2, 0.25) is 0 Å². The molecule has 90 valence electrons. The van der Waals surface area contributed by atoms with Crippen LogP contribution in [0, 0.1) is 0 Å². The van der Waals surface area contributed by atoms with Gasteiger partial charge in [0, 0.05) is 18.0 Å². The van der Waals surface area contributed by atoms with Crippen LogP contribution in [-0.2, 0) is 4.74 Å². The minimum Gasteiger partial charge on any atom is -0.378 e. The van der Waals surface area contributed by atoms with Crippen LogP contribution in [0.15, 0.2) is 11.4 Å². The van der Waals surface area contributed by atoms with Crippen LogP contribution in [0.1, 0.15) is 36.6 Å². The van der Waals surface area contributed by atoms with E-state index < -0.39 is 0 Å². The van der Waals surface area contributed by atoms with Crippen LogP contribution in [0.5, 0.6) is 0 Å². The van der Waals surface area contributed by atoms with E-state index in [1.165, 1.54) is 24.1 Å². The fraction of sp³-hybridized carbons (Fsp3) is 0.667. The molecule has 0 spiro atoms. The van der Waals surface area contributed by atoms with E-state index >= 15 is 0 Å². The summed E-state index contributed by atoms with van der Waals surface area (Å²) in [6.07, 6.45) is 4.64. The molecule has 0 amide bonds. The normalized spacial score (nSPS) is 20.4. The van der Waals surface area contributed by atoms with Crippen molar-refractivity contribution in [2.75, 3.05) is 14.2 Å². The van der Waals surface area contributed by atoms with Gasteiger partial charge in [0.25, 0.3) is 0 Å². The molecule has 1 aromatic heterocycles. The van der Waals surface area contributed by atoms with Crippen molar-refractivity contribution in [3.05, 3.63) is 21.3 Å². The fourth-order valence-corrected chi connectivity index (χ4v) is 3.61. The molecule has 4 heteroatoms. The quantitative estimate of drug-likeness (QED) is 0.872. The molecule has 1 aliphatic carbocycles. The van der Waals surface area contributed by atoms with Gasteiger partial charge >= 0.3 is 0 Å². The Morgan fingerprint density at radius 3 is 2.75 bits per heavy atom. The zero-order valence-corrected chi connectivity index (χ0v) is 11.3. The lowest BCUT2D eigenvalue weighted by Gasteiger charge is -2.42. The molecular weight excluding hydrogens is 242 g/mol. The molecule has 1 atom stereocenters. The van der Waals surface area contributed by atoms with Crippen molar-refractivity contribution in [1.82, 2.24) is 5.32 Å². The first-order valence-electron chi connectivity index (χ1n) is 5.66. The minimum absolute atomic E-state index is 0.0843. The second-order valence-electron chi connectivity index (χ2n) is 4.42. The third kappa shape index (κ3) is 2.28. The number of rotatable bonds is 5. The Morgan fingerprint density at radius 2 is 2.38 bits per heavy atom. The molecule has 0 radical (unpaired) electrons. The van der Waals surface area contributed by atoms with Crippen LogP contribution in [-0.4, -0.2) is 19.8 Å². The summed E-state index contributed by atoms with van der Waals surface area (Å²) >= 11 is 7.89. The highest BCUT2D eigenvalue weighted by Crippen LogP contribution is 2.43. The molecule has 0 aliphatic heterocycles. The number of thiophene rings is 1.